The fraction of sp³-hybridized carbons (Fsp3) is 0.364. The van der Waals surface area contributed by atoms with Gasteiger partial charge in [-0.05, 0) is 43.2 Å². The first-order valence-corrected chi connectivity index (χ1v) is 9.99. The van der Waals surface area contributed by atoms with Crippen molar-refractivity contribution >= 4 is 17.6 Å². The molecule has 2 aromatic rings. The highest BCUT2D eigenvalue weighted by molar-refractivity contribution is 6.10. The number of ether oxygens (including phenoxy) is 4. The van der Waals surface area contributed by atoms with Crippen molar-refractivity contribution in [3.8, 4) is 17.2 Å². The molecule has 2 aliphatic rings. The number of fused-ring (bicyclic) bond motifs is 1. The van der Waals surface area contributed by atoms with Crippen LogP contribution in [0.4, 0.5) is 5.69 Å². The van der Waals surface area contributed by atoms with Crippen LogP contribution < -0.4 is 24.8 Å². The average Bonchev–Trinajstić information content (AvgIpc) is 3.31. The number of benzene rings is 2. The number of anilines is 1. The minimum Gasteiger partial charge on any atom is -0.497 e. The van der Waals surface area contributed by atoms with Gasteiger partial charge in [-0.3, -0.25) is 10.1 Å². The third-order valence-corrected chi connectivity index (χ3v) is 4.85. The number of rotatable bonds is 5. The summed E-state index contributed by atoms with van der Waals surface area (Å²) in [6, 6.07) is 12.5. The Morgan fingerprint density at radius 3 is 2.80 bits per heavy atom. The van der Waals surface area contributed by atoms with E-state index >= 15 is 0 Å². The standard InChI is InChI=1S/C22H25N3O5/c1-27-17-5-2-4-15(12-17)21(26)25-22(23-14-18-6-3-9-28-18)24-16-7-8-19-20(13-16)30-11-10-29-19/h2,4-5,7-8,12-13,18H,3,6,9-11,14H2,1H3,(H2,23,24,25,26)/t18-/m0/s1. The van der Waals surface area contributed by atoms with Crippen LogP contribution in [-0.2, 0) is 4.74 Å². The van der Waals surface area contributed by atoms with E-state index < -0.39 is 0 Å². The first kappa shape index (κ1) is 20.0. The predicted octanol–water partition coefficient (Wildman–Crippen LogP) is 2.84. The van der Waals surface area contributed by atoms with Crippen LogP contribution in [0.25, 0.3) is 0 Å². The van der Waals surface area contributed by atoms with E-state index in [1.54, 1.807) is 31.4 Å². The maximum Gasteiger partial charge on any atom is 0.258 e. The molecule has 2 aromatic carbocycles. The molecule has 2 aliphatic heterocycles. The van der Waals surface area contributed by atoms with Crippen LogP contribution in [0.1, 0.15) is 23.2 Å². The van der Waals surface area contributed by atoms with Crippen molar-refractivity contribution in [2.75, 3.05) is 38.8 Å². The Morgan fingerprint density at radius 2 is 2.00 bits per heavy atom. The van der Waals surface area contributed by atoms with Crippen molar-refractivity contribution < 1.29 is 23.7 Å². The third kappa shape index (κ3) is 5.01. The Bertz CT molecular complexity index is 925. The zero-order valence-electron chi connectivity index (χ0n) is 16.8. The zero-order chi connectivity index (χ0) is 20.8. The molecule has 1 atom stereocenters. The highest BCUT2D eigenvalue weighted by Crippen LogP contribution is 2.32. The van der Waals surface area contributed by atoms with E-state index in [1.165, 1.54) is 0 Å². The maximum atomic E-state index is 12.8. The number of methoxy groups -OCH3 is 1. The van der Waals surface area contributed by atoms with E-state index in [0.29, 0.717) is 48.5 Å². The van der Waals surface area contributed by atoms with E-state index in [2.05, 4.69) is 15.6 Å². The Morgan fingerprint density at radius 1 is 1.13 bits per heavy atom. The molecule has 0 saturated carbocycles. The summed E-state index contributed by atoms with van der Waals surface area (Å²) in [4.78, 5) is 17.3. The van der Waals surface area contributed by atoms with E-state index in [-0.39, 0.29) is 12.0 Å². The Kier molecular flexibility index (Phi) is 6.34. The monoisotopic (exact) mass is 411 g/mol. The Balaban J connectivity index is 1.51. The van der Waals surface area contributed by atoms with E-state index in [4.69, 9.17) is 18.9 Å². The fourth-order valence-corrected chi connectivity index (χ4v) is 3.29. The van der Waals surface area contributed by atoms with Gasteiger partial charge in [-0.15, -0.1) is 0 Å². The quantitative estimate of drug-likeness (QED) is 0.581. The second kappa shape index (κ2) is 9.49. The summed E-state index contributed by atoms with van der Waals surface area (Å²) in [5, 5.41) is 6.03. The van der Waals surface area contributed by atoms with E-state index in [1.807, 2.05) is 18.2 Å². The number of nitrogens with one attached hydrogen (secondary N) is 2. The molecular weight excluding hydrogens is 386 g/mol. The molecule has 1 amide bonds. The Labute approximate surface area is 175 Å². The number of amides is 1. The molecule has 0 radical (unpaired) electrons. The van der Waals surface area contributed by atoms with Crippen LogP contribution in [0.3, 0.4) is 0 Å². The molecule has 8 heteroatoms. The third-order valence-electron chi connectivity index (χ3n) is 4.85. The number of carbonyl (C=O) groups is 1. The second-order valence-electron chi connectivity index (χ2n) is 6.99. The zero-order valence-corrected chi connectivity index (χ0v) is 16.8. The molecule has 0 unspecified atom stereocenters. The average molecular weight is 411 g/mol. The highest BCUT2D eigenvalue weighted by Gasteiger charge is 2.17. The minimum atomic E-state index is -0.287. The van der Waals surface area contributed by atoms with Crippen molar-refractivity contribution in [3.05, 3.63) is 48.0 Å². The molecular formula is C22H25N3O5. The summed E-state index contributed by atoms with van der Waals surface area (Å²) in [6.07, 6.45) is 2.06. The van der Waals surface area contributed by atoms with E-state index in [9.17, 15) is 4.79 Å². The molecule has 0 spiro atoms. The van der Waals surface area contributed by atoms with Crippen molar-refractivity contribution in [1.82, 2.24) is 5.32 Å². The lowest BCUT2D eigenvalue weighted by molar-refractivity contribution is 0.0975. The number of aliphatic imine (C=N–C) groups is 1. The van der Waals surface area contributed by atoms with Gasteiger partial charge < -0.3 is 24.3 Å². The topological polar surface area (TPSA) is 90.4 Å². The van der Waals surface area contributed by atoms with Gasteiger partial charge in [0.2, 0.25) is 5.96 Å². The van der Waals surface area contributed by atoms with Crippen LogP contribution in [0, 0.1) is 0 Å². The van der Waals surface area contributed by atoms with Gasteiger partial charge in [-0.1, -0.05) is 6.07 Å². The number of carbonyl (C=O) groups excluding carboxylic acids is 1. The van der Waals surface area contributed by atoms with Gasteiger partial charge in [-0.25, -0.2) is 4.99 Å². The summed E-state index contributed by atoms with van der Waals surface area (Å²) in [7, 11) is 1.56. The lowest BCUT2D eigenvalue weighted by Crippen LogP contribution is -2.36. The Hall–Kier alpha value is -3.26. The van der Waals surface area contributed by atoms with Crippen molar-refractivity contribution in [1.29, 1.82) is 0 Å². The van der Waals surface area contributed by atoms with Crippen LogP contribution in [0.5, 0.6) is 17.2 Å². The van der Waals surface area contributed by atoms with Gasteiger partial charge in [0.25, 0.3) is 5.91 Å². The van der Waals surface area contributed by atoms with Gasteiger partial charge in [0, 0.05) is 23.9 Å². The number of hydrogen-bond donors (Lipinski definition) is 2. The number of nitrogens with zero attached hydrogens (tertiary/aromatic N) is 1. The maximum absolute atomic E-state index is 12.8. The first-order valence-electron chi connectivity index (χ1n) is 9.99. The molecule has 4 rings (SSSR count). The van der Waals surface area contributed by atoms with Crippen LogP contribution >= 0.6 is 0 Å². The van der Waals surface area contributed by atoms with Crippen LogP contribution in [0.2, 0.25) is 0 Å². The molecule has 2 heterocycles. The summed E-state index contributed by atoms with van der Waals surface area (Å²) in [6.45, 7) is 2.25. The van der Waals surface area contributed by atoms with Gasteiger partial charge in [0.1, 0.15) is 19.0 Å². The van der Waals surface area contributed by atoms with Crippen LogP contribution in [0.15, 0.2) is 47.5 Å². The second-order valence-corrected chi connectivity index (χ2v) is 6.99. The first-order chi connectivity index (χ1) is 14.7. The molecule has 0 aromatic heterocycles. The van der Waals surface area contributed by atoms with Gasteiger partial charge in [-0.2, -0.15) is 0 Å². The summed E-state index contributed by atoms with van der Waals surface area (Å²) in [5.74, 6) is 2.02. The molecule has 30 heavy (non-hydrogen) atoms. The molecule has 0 bridgehead atoms. The van der Waals surface area contributed by atoms with Crippen molar-refractivity contribution in [3.63, 3.8) is 0 Å². The lowest BCUT2D eigenvalue weighted by Gasteiger charge is -2.19. The van der Waals surface area contributed by atoms with Crippen molar-refractivity contribution in [2.24, 2.45) is 4.99 Å². The molecule has 2 N–H and O–H groups in total. The summed E-state index contributed by atoms with van der Waals surface area (Å²) < 4.78 is 22.1. The summed E-state index contributed by atoms with van der Waals surface area (Å²) in [5.41, 5.74) is 1.21. The van der Waals surface area contributed by atoms with Gasteiger partial charge >= 0.3 is 0 Å². The normalized spacial score (nSPS) is 18.0. The largest absolute Gasteiger partial charge is 0.497 e. The summed E-state index contributed by atoms with van der Waals surface area (Å²) >= 11 is 0. The fourth-order valence-electron chi connectivity index (χ4n) is 3.29. The molecule has 8 nitrogen and oxygen atoms in total. The predicted molar refractivity (Wildman–Crippen MR) is 113 cm³/mol. The SMILES string of the molecule is COc1cccc(C(=O)NC(=NC[C@@H]2CCCO2)Nc2ccc3c(c2)OCCO3)c1. The minimum absolute atomic E-state index is 0.0655. The number of guanidine groups is 1. The van der Waals surface area contributed by atoms with Gasteiger partial charge in [0.05, 0.1) is 19.8 Å². The van der Waals surface area contributed by atoms with Gasteiger partial charge in [0.15, 0.2) is 11.5 Å². The molecule has 1 saturated heterocycles. The number of hydrogen-bond acceptors (Lipinski definition) is 6. The lowest BCUT2D eigenvalue weighted by atomic mass is 10.2. The van der Waals surface area contributed by atoms with Crippen LogP contribution in [-0.4, -0.2) is 51.4 Å². The smallest absolute Gasteiger partial charge is 0.258 e. The van der Waals surface area contributed by atoms with E-state index in [0.717, 1.165) is 25.1 Å². The highest BCUT2D eigenvalue weighted by atomic mass is 16.6. The van der Waals surface area contributed by atoms with Crippen molar-refractivity contribution in [2.45, 2.75) is 18.9 Å². The molecule has 0 aliphatic carbocycles. The molecule has 158 valence electrons. The molecule has 1 fully saturated rings.